The molecule has 1 fully saturated rings. The molecule has 0 heterocycles. The Kier molecular flexibility index (Phi) is 6.84. The van der Waals surface area contributed by atoms with Gasteiger partial charge in [0.25, 0.3) is 0 Å². The summed E-state index contributed by atoms with van der Waals surface area (Å²) in [6.45, 7) is 2.83. The Morgan fingerprint density at radius 3 is 2.47 bits per heavy atom. The van der Waals surface area contributed by atoms with Crippen molar-refractivity contribution in [2.45, 2.75) is 51.5 Å². The fraction of sp³-hybridized carbons (Fsp3) is 0.857. The highest BCUT2D eigenvalue weighted by Gasteiger charge is 2.22. The first-order valence-corrected chi connectivity index (χ1v) is 7.29. The normalized spacial score (nSPS) is 22.9. The Hall–Kier alpha value is -1.10. The summed E-state index contributed by atoms with van der Waals surface area (Å²) in [5.41, 5.74) is 5.85. The lowest BCUT2D eigenvalue weighted by Gasteiger charge is -2.27. The highest BCUT2D eigenvalue weighted by atomic mass is 16.2. The van der Waals surface area contributed by atoms with E-state index in [1.165, 1.54) is 4.90 Å². The summed E-state index contributed by atoms with van der Waals surface area (Å²) in [6, 6.07) is 0.309. The van der Waals surface area contributed by atoms with Gasteiger partial charge in [0.15, 0.2) is 0 Å². The van der Waals surface area contributed by atoms with Gasteiger partial charge in [-0.15, -0.1) is 0 Å². The van der Waals surface area contributed by atoms with Crippen molar-refractivity contribution < 1.29 is 9.59 Å². The number of hydrogen-bond donors (Lipinski definition) is 2. The molecular weight excluding hydrogens is 242 g/mol. The molecule has 0 atom stereocenters. The number of hydrogen-bond acceptors (Lipinski definition) is 3. The lowest BCUT2D eigenvalue weighted by molar-refractivity contribution is -0.135. The van der Waals surface area contributed by atoms with Crippen molar-refractivity contribution in [1.82, 2.24) is 10.2 Å². The van der Waals surface area contributed by atoms with Gasteiger partial charge in [0.2, 0.25) is 11.8 Å². The van der Waals surface area contributed by atoms with E-state index in [9.17, 15) is 9.59 Å². The third-order valence-electron chi connectivity index (χ3n) is 3.73. The van der Waals surface area contributed by atoms with Crippen molar-refractivity contribution in [3.05, 3.63) is 0 Å². The molecule has 0 radical (unpaired) electrons. The summed E-state index contributed by atoms with van der Waals surface area (Å²) in [4.78, 5) is 25.1. The minimum atomic E-state index is -0.0802. The fourth-order valence-corrected chi connectivity index (χ4v) is 2.42. The molecule has 0 spiro atoms. The van der Waals surface area contributed by atoms with E-state index in [0.717, 1.165) is 32.1 Å². The molecule has 0 aliphatic heterocycles. The van der Waals surface area contributed by atoms with Gasteiger partial charge < -0.3 is 16.0 Å². The molecule has 19 heavy (non-hydrogen) atoms. The van der Waals surface area contributed by atoms with Gasteiger partial charge in [-0.2, -0.15) is 0 Å². The van der Waals surface area contributed by atoms with Crippen molar-refractivity contribution >= 4 is 11.8 Å². The van der Waals surface area contributed by atoms with Crippen LogP contribution in [0.3, 0.4) is 0 Å². The largest absolute Gasteiger partial charge is 0.355 e. The summed E-state index contributed by atoms with van der Waals surface area (Å²) in [7, 11) is 1.70. The number of likely N-dealkylation sites (N-methyl/N-ethyl adjacent to an activating group) is 1. The molecule has 5 nitrogen and oxygen atoms in total. The second-order valence-corrected chi connectivity index (χ2v) is 5.58. The minimum Gasteiger partial charge on any atom is -0.355 e. The second-order valence-electron chi connectivity index (χ2n) is 5.58. The van der Waals surface area contributed by atoms with Crippen LogP contribution in [0.5, 0.6) is 0 Å². The van der Waals surface area contributed by atoms with Crippen LogP contribution in [0.1, 0.15) is 45.4 Å². The molecule has 0 aromatic rings. The molecule has 0 aromatic carbocycles. The third-order valence-corrected chi connectivity index (χ3v) is 3.73. The molecule has 1 rings (SSSR count). The molecule has 1 saturated carbocycles. The van der Waals surface area contributed by atoms with E-state index in [2.05, 4.69) is 5.32 Å². The molecule has 110 valence electrons. The fourth-order valence-electron chi connectivity index (χ4n) is 2.42. The van der Waals surface area contributed by atoms with Gasteiger partial charge in [-0.1, -0.05) is 6.92 Å². The highest BCUT2D eigenvalue weighted by molar-refractivity contribution is 5.84. The summed E-state index contributed by atoms with van der Waals surface area (Å²) in [5, 5.41) is 2.78. The molecule has 3 N–H and O–H groups in total. The Labute approximate surface area is 115 Å². The van der Waals surface area contributed by atoms with Gasteiger partial charge in [0.05, 0.1) is 6.54 Å². The minimum absolute atomic E-state index is 0.0621. The Morgan fingerprint density at radius 2 is 1.89 bits per heavy atom. The number of nitrogens with two attached hydrogens (primary N) is 1. The van der Waals surface area contributed by atoms with Crippen LogP contribution in [-0.4, -0.2) is 42.9 Å². The Morgan fingerprint density at radius 1 is 1.26 bits per heavy atom. The predicted molar refractivity (Wildman–Crippen MR) is 75.5 cm³/mol. The van der Waals surface area contributed by atoms with E-state index in [1.54, 1.807) is 7.05 Å². The lowest BCUT2D eigenvalue weighted by atomic mass is 9.84. The van der Waals surface area contributed by atoms with Crippen LogP contribution in [0.4, 0.5) is 0 Å². The molecule has 0 unspecified atom stereocenters. The van der Waals surface area contributed by atoms with Gasteiger partial charge in [-0.05, 0) is 38.0 Å². The second kappa shape index (κ2) is 8.15. The van der Waals surface area contributed by atoms with Crippen LogP contribution >= 0.6 is 0 Å². The van der Waals surface area contributed by atoms with Crippen LogP contribution < -0.4 is 11.1 Å². The smallest absolute Gasteiger partial charge is 0.239 e. The zero-order valence-electron chi connectivity index (χ0n) is 12.2. The monoisotopic (exact) mass is 269 g/mol. The maximum atomic E-state index is 12.0. The molecule has 1 aliphatic carbocycles. The van der Waals surface area contributed by atoms with E-state index in [-0.39, 0.29) is 18.4 Å². The maximum absolute atomic E-state index is 12.0. The van der Waals surface area contributed by atoms with E-state index in [1.807, 2.05) is 6.92 Å². The summed E-state index contributed by atoms with van der Waals surface area (Å²) in [5.74, 6) is 0.420. The number of carbonyl (C=O) groups excluding carboxylic acids is 2. The van der Waals surface area contributed by atoms with Crippen molar-refractivity contribution in [2.75, 3.05) is 20.1 Å². The molecule has 0 saturated heterocycles. The first-order chi connectivity index (χ1) is 9.02. The van der Waals surface area contributed by atoms with Gasteiger partial charge in [-0.25, -0.2) is 0 Å². The van der Waals surface area contributed by atoms with Crippen LogP contribution in [0.15, 0.2) is 0 Å². The van der Waals surface area contributed by atoms with E-state index < -0.39 is 0 Å². The summed E-state index contributed by atoms with van der Waals surface area (Å²) >= 11 is 0. The van der Waals surface area contributed by atoms with Crippen molar-refractivity contribution in [1.29, 1.82) is 0 Å². The van der Waals surface area contributed by atoms with Crippen molar-refractivity contribution in [3.63, 3.8) is 0 Å². The van der Waals surface area contributed by atoms with Crippen LogP contribution in [0.25, 0.3) is 0 Å². The summed E-state index contributed by atoms with van der Waals surface area (Å²) < 4.78 is 0. The lowest BCUT2D eigenvalue weighted by Crippen LogP contribution is -2.39. The van der Waals surface area contributed by atoms with Crippen molar-refractivity contribution in [2.24, 2.45) is 11.7 Å². The SMILES string of the molecule is CCCNC(=O)CN(C)C(=O)CC1CCC(N)CC1. The van der Waals surface area contributed by atoms with E-state index in [0.29, 0.717) is 24.9 Å². The first-order valence-electron chi connectivity index (χ1n) is 7.29. The Bertz CT molecular complexity index is 299. The zero-order chi connectivity index (χ0) is 14.3. The number of carbonyl (C=O) groups is 2. The topological polar surface area (TPSA) is 75.4 Å². The number of rotatable bonds is 6. The predicted octanol–water partition coefficient (Wildman–Crippen LogP) is 0.879. The van der Waals surface area contributed by atoms with Gasteiger partial charge in [0, 0.05) is 26.1 Å². The first kappa shape index (κ1) is 16.0. The molecule has 0 bridgehead atoms. The van der Waals surface area contributed by atoms with Gasteiger partial charge in [-0.3, -0.25) is 9.59 Å². The molecule has 0 aromatic heterocycles. The number of nitrogens with zero attached hydrogens (tertiary/aromatic N) is 1. The molecular formula is C14H27N3O2. The van der Waals surface area contributed by atoms with E-state index >= 15 is 0 Å². The van der Waals surface area contributed by atoms with Gasteiger partial charge >= 0.3 is 0 Å². The number of nitrogens with one attached hydrogen (secondary N) is 1. The van der Waals surface area contributed by atoms with Crippen LogP contribution in [-0.2, 0) is 9.59 Å². The van der Waals surface area contributed by atoms with Crippen molar-refractivity contribution in [3.8, 4) is 0 Å². The quantitative estimate of drug-likeness (QED) is 0.751. The molecule has 1 aliphatic rings. The molecule has 5 heteroatoms. The molecule has 2 amide bonds. The average molecular weight is 269 g/mol. The maximum Gasteiger partial charge on any atom is 0.239 e. The van der Waals surface area contributed by atoms with Crippen LogP contribution in [0.2, 0.25) is 0 Å². The highest BCUT2D eigenvalue weighted by Crippen LogP contribution is 2.26. The van der Waals surface area contributed by atoms with Gasteiger partial charge in [0.1, 0.15) is 0 Å². The zero-order valence-corrected chi connectivity index (χ0v) is 12.2. The van der Waals surface area contributed by atoms with E-state index in [4.69, 9.17) is 5.73 Å². The standard InChI is InChI=1S/C14H27N3O2/c1-3-8-16-13(18)10-17(2)14(19)9-11-4-6-12(15)7-5-11/h11-12H,3-10,15H2,1-2H3,(H,16,18). The average Bonchev–Trinajstić information content (AvgIpc) is 2.39. The van der Waals surface area contributed by atoms with Crippen LogP contribution in [0, 0.1) is 5.92 Å². The summed E-state index contributed by atoms with van der Waals surface area (Å²) in [6.07, 6.45) is 5.54. The Balaban J connectivity index is 2.26. The third kappa shape index (κ3) is 6.05. The number of amides is 2.